The summed E-state index contributed by atoms with van der Waals surface area (Å²) in [5.74, 6) is -0.374. The molecule has 0 aliphatic heterocycles. The third-order valence-corrected chi connectivity index (χ3v) is 3.51. The number of aromatic nitrogens is 3. The molecule has 2 heterocycles. The molecule has 0 aliphatic carbocycles. The summed E-state index contributed by atoms with van der Waals surface area (Å²) in [5, 5.41) is 7.74. The van der Waals surface area contributed by atoms with E-state index in [1.165, 1.54) is 0 Å². The smallest absolute Gasteiger partial charge is 0.354 e. The second-order valence-corrected chi connectivity index (χ2v) is 5.12. The average molecular weight is 316 g/mol. The SMILES string of the molecule is CCOC(=O)c1cc(-c2[nH]ncc2-c2ccc(Cl)cc2)c[nH]1. The number of hydrogen-bond acceptors (Lipinski definition) is 3. The van der Waals surface area contributed by atoms with Crippen LogP contribution < -0.4 is 0 Å². The number of nitrogens with zero attached hydrogens (tertiary/aromatic N) is 1. The van der Waals surface area contributed by atoms with Crippen LogP contribution in [-0.4, -0.2) is 27.8 Å². The van der Waals surface area contributed by atoms with E-state index in [-0.39, 0.29) is 5.97 Å². The van der Waals surface area contributed by atoms with Gasteiger partial charge in [-0.25, -0.2) is 4.79 Å². The highest BCUT2D eigenvalue weighted by Crippen LogP contribution is 2.31. The Morgan fingerprint density at radius 3 is 2.77 bits per heavy atom. The van der Waals surface area contributed by atoms with Gasteiger partial charge in [0, 0.05) is 22.3 Å². The first-order valence-corrected chi connectivity index (χ1v) is 7.22. The highest BCUT2D eigenvalue weighted by atomic mass is 35.5. The summed E-state index contributed by atoms with van der Waals surface area (Å²) in [7, 11) is 0. The Morgan fingerprint density at radius 2 is 2.05 bits per heavy atom. The van der Waals surface area contributed by atoms with Crippen LogP contribution in [-0.2, 0) is 4.74 Å². The van der Waals surface area contributed by atoms with E-state index in [0.29, 0.717) is 17.3 Å². The van der Waals surface area contributed by atoms with Crippen LogP contribution in [0.2, 0.25) is 5.02 Å². The van der Waals surface area contributed by atoms with Gasteiger partial charge in [0.15, 0.2) is 0 Å². The molecule has 0 spiro atoms. The number of benzene rings is 1. The first-order chi connectivity index (χ1) is 10.7. The quantitative estimate of drug-likeness (QED) is 0.717. The maximum Gasteiger partial charge on any atom is 0.354 e. The zero-order chi connectivity index (χ0) is 15.5. The minimum Gasteiger partial charge on any atom is -0.461 e. The molecule has 1 aromatic carbocycles. The van der Waals surface area contributed by atoms with Gasteiger partial charge >= 0.3 is 5.97 Å². The van der Waals surface area contributed by atoms with Crippen molar-refractivity contribution in [1.29, 1.82) is 0 Å². The Balaban J connectivity index is 1.95. The van der Waals surface area contributed by atoms with Crippen LogP contribution in [0, 0.1) is 0 Å². The van der Waals surface area contributed by atoms with Crippen LogP contribution in [0.1, 0.15) is 17.4 Å². The van der Waals surface area contributed by atoms with Gasteiger partial charge in [0.2, 0.25) is 0 Å². The van der Waals surface area contributed by atoms with E-state index < -0.39 is 0 Å². The molecule has 0 aliphatic rings. The number of rotatable bonds is 4. The molecule has 2 N–H and O–H groups in total. The molecule has 0 bridgehead atoms. The minimum atomic E-state index is -0.374. The fraction of sp³-hybridized carbons (Fsp3) is 0.125. The number of hydrogen-bond donors (Lipinski definition) is 2. The molecule has 6 heteroatoms. The largest absolute Gasteiger partial charge is 0.461 e. The van der Waals surface area contributed by atoms with Crippen molar-refractivity contribution in [3.63, 3.8) is 0 Å². The number of carbonyl (C=O) groups excluding carboxylic acids is 1. The van der Waals surface area contributed by atoms with Gasteiger partial charge < -0.3 is 9.72 Å². The normalized spacial score (nSPS) is 10.6. The van der Waals surface area contributed by atoms with Crippen LogP contribution >= 0.6 is 11.6 Å². The van der Waals surface area contributed by atoms with Gasteiger partial charge in [-0.05, 0) is 30.7 Å². The van der Waals surface area contributed by atoms with Gasteiger partial charge in [0.1, 0.15) is 5.69 Å². The molecule has 0 saturated carbocycles. The van der Waals surface area contributed by atoms with E-state index in [1.807, 2.05) is 24.3 Å². The zero-order valence-corrected chi connectivity index (χ0v) is 12.6. The highest BCUT2D eigenvalue weighted by Gasteiger charge is 2.14. The number of ether oxygens (including phenoxy) is 1. The van der Waals surface area contributed by atoms with Crippen molar-refractivity contribution in [1.82, 2.24) is 15.2 Å². The van der Waals surface area contributed by atoms with Crippen molar-refractivity contribution in [3.05, 3.63) is 53.4 Å². The molecule has 5 nitrogen and oxygen atoms in total. The Bertz CT molecular complexity index is 790. The van der Waals surface area contributed by atoms with Crippen molar-refractivity contribution >= 4 is 17.6 Å². The van der Waals surface area contributed by atoms with Gasteiger partial charge in [-0.15, -0.1) is 0 Å². The third kappa shape index (κ3) is 2.76. The van der Waals surface area contributed by atoms with Crippen molar-refractivity contribution in [3.8, 4) is 22.4 Å². The lowest BCUT2D eigenvalue weighted by atomic mass is 10.0. The molecule has 3 aromatic rings. The Labute approximate surface area is 132 Å². The molecule has 0 radical (unpaired) electrons. The fourth-order valence-electron chi connectivity index (χ4n) is 2.22. The van der Waals surface area contributed by atoms with E-state index in [9.17, 15) is 4.79 Å². The molecule has 2 aromatic heterocycles. The monoisotopic (exact) mass is 315 g/mol. The molecule has 0 amide bonds. The molecule has 0 fully saturated rings. The van der Waals surface area contributed by atoms with E-state index in [1.54, 1.807) is 25.4 Å². The predicted octanol–water partition coefficient (Wildman–Crippen LogP) is 3.90. The summed E-state index contributed by atoms with van der Waals surface area (Å²) in [6.07, 6.45) is 3.49. The number of H-pyrrole nitrogens is 2. The average Bonchev–Trinajstić information content (AvgIpc) is 3.17. The number of aromatic amines is 2. The van der Waals surface area contributed by atoms with Crippen molar-refractivity contribution < 1.29 is 9.53 Å². The van der Waals surface area contributed by atoms with Crippen molar-refractivity contribution in [2.75, 3.05) is 6.61 Å². The molecule has 22 heavy (non-hydrogen) atoms. The standard InChI is InChI=1S/C16H14ClN3O2/c1-2-22-16(21)14-7-11(8-18-14)15-13(9-19-20-15)10-3-5-12(17)6-4-10/h3-9,18H,2H2,1H3,(H,19,20). The van der Waals surface area contributed by atoms with Crippen LogP contribution in [0.25, 0.3) is 22.4 Å². The minimum absolute atomic E-state index is 0.341. The molecule has 3 rings (SSSR count). The topological polar surface area (TPSA) is 70.8 Å². The maximum atomic E-state index is 11.7. The number of halogens is 1. The number of carbonyl (C=O) groups is 1. The second-order valence-electron chi connectivity index (χ2n) is 4.69. The van der Waals surface area contributed by atoms with E-state index in [0.717, 1.165) is 22.4 Å². The van der Waals surface area contributed by atoms with E-state index in [2.05, 4.69) is 15.2 Å². The summed E-state index contributed by atoms with van der Waals surface area (Å²) in [5.41, 5.74) is 4.01. The van der Waals surface area contributed by atoms with Gasteiger partial charge in [0.25, 0.3) is 0 Å². The molecule has 0 atom stereocenters. The van der Waals surface area contributed by atoms with Gasteiger partial charge in [0.05, 0.1) is 18.5 Å². The summed E-state index contributed by atoms with van der Waals surface area (Å²) < 4.78 is 4.98. The van der Waals surface area contributed by atoms with Gasteiger partial charge in [-0.3, -0.25) is 5.10 Å². The molecule has 0 saturated heterocycles. The molecule has 0 unspecified atom stereocenters. The fourth-order valence-corrected chi connectivity index (χ4v) is 2.35. The van der Waals surface area contributed by atoms with Crippen LogP contribution in [0.4, 0.5) is 0 Å². The Morgan fingerprint density at radius 1 is 1.27 bits per heavy atom. The maximum absolute atomic E-state index is 11.7. The van der Waals surface area contributed by atoms with Crippen molar-refractivity contribution in [2.45, 2.75) is 6.92 Å². The third-order valence-electron chi connectivity index (χ3n) is 3.26. The van der Waals surface area contributed by atoms with E-state index >= 15 is 0 Å². The van der Waals surface area contributed by atoms with Crippen LogP contribution in [0.15, 0.2) is 42.7 Å². The first-order valence-electron chi connectivity index (χ1n) is 6.84. The first kappa shape index (κ1) is 14.4. The Kier molecular flexibility index (Phi) is 3.98. The predicted molar refractivity (Wildman–Crippen MR) is 84.8 cm³/mol. The van der Waals surface area contributed by atoms with Gasteiger partial charge in [-0.2, -0.15) is 5.10 Å². The second kappa shape index (κ2) is 6.07. The van der Waals surface area contributed by atoms with E-state index in [4.69, 9.17) is 16.3 Å². The molecular weight excluding hydrogens is 302 g/mol. The Hall–Kier alpha value is -2.53. The lowest BCUT2D eigenvalue weighted by molar-refractivity contribution is 0.0520. The lowest BCUT2D eigenvalue weighted by Crippen LogP contribution is -2.04. The number of esters is 1. The lowest BCUT2D eigenvalue weighted by Gasteiger charge is -2.01. The molecular formula is C16H14ClN3O2. The van der Waals surface area contributed by atoms with Gasteiger partial charge in [-0.1, -0.05) is 23.7 Å². The van der Waals surface area contributed by atoms with Crippen molar-refractivity contribution in [2.24, 2.45) is 0 Å². The summed E-state index contributed by atoms with van der Waals surface area (Å²) in [4.78, 5) is 14.6. The summed E-state index contributed by atoms with van der Waals surface area (Å²) in [6.45, 7) is 2.11. The van der Waals surface area contributed by atoms with Crippen LogP contribution in [0.5, 0.6) is 0 Å². The summed E-state index contributed by atoms with van der Waals surface area (Å²) >= 11 is 5.92. The van der Waals surface area contributed by atoms with Crippen LogP contribution in [0.3, 0.4) is 0 Å². The zero-order valence-electron chi connectivity index (χ0n) is 11.9. The summed E-state index contributed by atoms with van der Waals surface area (Å²) in [6, 6.07) is 9.25. The number of nitrogens with one attached hydrogen (secondary N) is 2. The highest BCUT2D eigenvalue weighted by molar-refractivity contribution is 6.30. The molecule has 112 valence electrons.